The highest BCUT2D eigenvalue weighted by molar-refractivity contribution is 5.95. The van der Waals surface area contributed by atoms with Gasteiger partial charge in [0.25, 0.3) is 0 Å². The lowest BCUT2D eigenvalue weighted by molar-refractivity contribution is -0.126. The second-order valence-corrected chi connectivity index (χ2v) is 13.7. The Labute approximate surface area is 336 Å². The summed E-state index contributed by atoms with van der Waals surface area (Å²) in [7, 11) is 0. The first-order valence-electron chi connectivity index (χ1n) is 18.6. The molecule has 0 saturated carbocycles. The third kappa shape index (κ3) is 19.1. The minimum absolute atomic E-state index is 0.0295. The second kappa shape index (κ2) is 24.5. The molecule has 316 valence electrons. The molecule has 1 saturated heterocycles. The van der Waals surface area contributed by atoms with Gasteiger partial charge in [0, 0.05) is 57.5 Å². The van der Waals surface area contributed by atoms with E-state index in [4.69, 9.17) is 27.7 Å². The highest BCUT2D eigenvalue weighted by Crippen LogP contribution is 2.16. The maximum absolute atomic E-state index is 12.6. The zero-order valence-corrected chi connectivity index (χ0v) is 32.4. The predicted molar refractivity (Wildman–Crippen MR) is 211 cm³/mol. The van der Waals surface area contributed by atoms with Crippen LogP contribution in [0.15, 0.2) is 54.6 Å². The Morgan fingerprint density at radius 2 is 1.03 bits per heavy atom. The van der Waals surface area contributed by atoms with E-state index < -0.39 is 60.5 Å². The molecule has 12 N–H and O–H groups in total. The first-order chi connectivity index (χ1) is 27.6. The Balaban J connectivity index is 1.57. The van der Waals surface area contributed by atoms with Crippen LogP contribution in [-0.2, 0) is 51.3 Å². The van der Waals surface area contributed by atoms with Crippen molar-refractivity contribution in [2.45, 2.75) is 19.1 Å². The standard InChI is InChI=1S/C37H54N12O9/c38-30(50)21-46-10-11-47(22-31(39)51)14-15-49(24-33(41)53)29(20-48(13-12-46)23-32(40)52)16-26-6-8-28(9-7-26)45-36(56)19-43-34(54)17-42-35(55)18-44-37(57)58-25-27-4-2-1-3-5-27/h1-9,29H,10-25H2,(H2,38,50)(H2,39,51)(H2,40,52)(H2,41,53)(H,42,55)(H,43,54)(H,44,57)(H,45,56). The van der Waals surface area contributed by atoms with Gasteiger partial charge in [-0.3, -0.25) is 53.2 Å². The largest absolute Gasteiger partial charge is 0.445 e. The Kier molecular flexibility index (Phi) is 19.5. The summed E-state index contributed by atoms with van der Waals surface area (Å²) in [6.45, 7) is 0.914. The number of anilines is 1. The number of alkyl carbamates (subject to hydrolysis) is 1. The number of ether oxygens (including phenoxy) is 1. The maximum Gasteiger partial charge on any atom is 0.407 e. The van der Waals surface area contributed by atoms with Crippen LogP contribution >= 0.6 is 0 Å². The number of benzene rings is 2. The molecular weight excluding hydrogens is 756 g/mol. The van der Waals surface area contributed by atoms with Gasteiger partial charge in [-0.2, -0.15) is 0 Å². The molecule has 1 atom stereocenters. The number of rotatable bonds is 19. The molecule has 1 heterocycles. The van der Waals surface area contributed by atoms with Crippen molar-refractivity contribution in [2.24, 2.45) is 22.9 Å². The minimum Gasteiger partial charge on any atom is -0.445 e. The normalized spacial score (nSPS) is 16.1. The summed E-state index contributed by atoms with van der Waals surface area (Å²) in [6, 6.07) is 15.5. The van der Waals surface area contributed by atoms with E-state index in [2.05, 4.69) is 21.3 Å². The van der Waals surface area contributed by atoms with Crippen molar-refractivity contribution in [2.75, 3.05) is 96.9 Å². The highest BCUT2D eigenvalue weighted by Gasteiger charge is 2.27. The average Bonchev–Trinajstić information content (AvgIpc) is 3.16. The number of nitrogens with two attached hydrogens (primary N) is 4. The molecule has 58 heavy (non-hydrogen) atoms. The van der Waals surface area contributed by atoms with E-state index in [-0.39, 0.29) is 51.9 Å². The fourth-order valence-corrected chi connectivity index (χ4v) is 6.08. The first kappa shape index (κ1) is 46.2. The van der Waals surface area contributed by atoms with Crippen LogP contribution in [0, 0.1) is 0 Å². The highest BCUT2D eigenvalue weighted by atomic mass is 16.5. The molecule has 0 spiro atoms. The average molecular weight is 811 g/mol. The maximum atomic E-state index is 12.6. The molecule has 1 aliphatic rings. The van der Waals surface area contributed by atoms with Crippen LogP contribution in [0.3, 0.4) is 0 Å². The molecule has 21 nitrogen and oxygen atoms in total. The van der Waals surface area contributed by atoms with Crippen LogP contribution in [0.2, 0.25) is 0 Å². The van der Waals surface area contributed by atoms with Crippen LogP contribution in [0.1, 0.15) is 11.1 Å². The Bertz CT molecular complexity index is 1710. The van der Waals surface area contributed by atoms with Crippen molar-refractivity contribution in [1.29, 1.82) is 0 Å². The van der Waals surface area contributed by atoms with E-state index in [1.165, 1.54) is 0 Å². The summed E-state index contributed by atoms with van der Waals surface area (Å²) in [4.78, 5) is 104. The molecule has 2 aromatic rings. The summed E-state index contributed by atoms with van der Waals surface area (Å²) in [5.41, 5.74) is 24.3. The molecule has 1 unspecified atom stereocenters. The predicted octanol–water partition coefficient (Wildman–Crippen LogP) is -4.14. The van der Waals surface area contributed by atoms with E-state index in [0.717, 1.165) is 11.1 Å². The van der Waals surface area contributed by atoms with Gasteiger partial charge in [-0.1, -0.05) is 42.5 Å². The van der Waals surface area contributed by atoms with Gasteiger partial charge in [-0.25, -0.2) is 4.79 Å². The number of nitrogens with zero attached hydrogens (tertiary/aromatic N) is 4. The lowest BCUT2D eigenvalue weighted by atomic mass is 10.0. The van der Waals surface area contributed by atoms with Gasteiger partial charge >= 0.3 is 6.09 Å². The van der Waals surface area contributed by atoms with Crippen LogP contribution in [-0.4, -0.2) is 165 Å². The Hall–Kier alpha value is -6.16. The molecule has 0 aromatic heterocycles. The Morgan fingerprint density at radius 3 is 1.59 bits per heavy atom. The molecule has 21 heteroatoms. The second-order valence-electron chi connectivity index (χ2n) is 13.7. The SMILES string of the molecule is NC(=O)CN1CCN(CC(N)=O)CCN(CC(N)=O)C(Cc2ccc(NC(=O)CNC(=O)CNC(=O)CNC(=O)OCc3ccccc3)cc2)CN(CC(N)=O)CC1. The van der Waals surface area contributed by atoms with Crippen molar-refractivity contribution in [3.8, 4) is 0 Å². The van der Waals surface area contributed by atoms with Crippen molar-refractivity contribution in [3.05, 3.63) is 65.7 Å². The molecule has 1 aliphatic heterocycles. The zero-order valence-electron chi connectivity index (χ0n) is 32.4. The van der Waals surface area contributed by atoms with Crippen LogP contribution < -0.4 is 44.2 Å². The smallest absolute Gasteiger partial charge is 0.407 e. The number of nitrogens with one attached hydrogen (secondary N) is 4. The molecule has 0 aliphatic carbocycles. The van der Waals surface area contributed by atoms with Gasteiger partial charge in [0.15, 0.2) is 0 Å². The van der Waals surface area contributed by atoms with E-state index in [0.29, 0.717) is 51.4 Å². The van der Waals surface area contributed by atoms with E-state index in [1.807, 2.05) is 25.7 Å². The van der Waals surface area contributed by atoms with Crippen molar-refractivity contribution in [1.82, 2.24) is 35.6 Å². The third-order valence-corrected chi connectivity index (χ3v) is 8.86. The number of amides is 8. The molecule has 8 amide bonds. The minimum atomic E-state index is -0.799. The lowest BCUT2D eigenvalue weighted by Gasteiger charge is -2.38. The molecule has 3 rings (SSSR count). The summed E-state index contributed by atoms with van der Waals surface area (Å²) < 4.78 is 5.03. The summed E-state index contributed by atoms with van der Waals surface area (Å²) >= 11 is 0. The van der Waals surface area contributed by atoms with E-state index >= 15 is 0 Å². The lowest BCUT2D eigenvalue weighted by Crippen LogP contribution is -2.54. The van der Waals surface area contributed by atoms with Crippen LogP contribution in [0.5, 0.6) is 0 Å². The summed E-state index contributed by atoms with van der Waals surface area (Å²) in [6.07, 6.45) is -0.420. The molecule has 0 radical (unpaired) electrons. The first-order valence-corrected chi connectivity index (χ1v) is 18.6. The summed E-state index contributed by atoms with van der Waals surface area (Å²) in [5, 5.41) is 9.72. The fourth-order valence-electron chi connectivity index (χ4n) is 6.08. The number of primary amides is 4. The van der Waals surface area contributed by atoms with E-state index in [9.17, 15) is 38.4 Å². The van der Waals surface area contributed by atoms with E-state index in [1.54, 1.807) is 48.5 Å². The third-order valence-electron chi connectivity index (χ3n) is 8.86. The molecule has 1 fully saturated rings. The number of carbonyl (C=O) groups excluding carboxylic acids is 8. The number of carbonyl (C=O) groups is 8. The van der Waals surface area contributed by atoms with Gasteiger partial charge < -0.3 is 48.9 Å². The quantitative estimate of drug-likeness (QED) is 0.0670. The van der Waals surface area contributed by atoms with Gasteiger partial charge in [-0.05, 0) is 29.7 Å². The monoisotopic (exact) mass is 810 g/mol. The number of hydrogen-bond donors (Lipinski definition) is 8. The van der Waals surface area contributed by atoms with Crippen LogP contribution in [0.4, 0.5) is 10.5 Å². The molecular formula is C37H54N12O9. The molecule has 2 aromatic carbocycles. The molecule has 0 bridgehead atoms. The number of hydrogen-bond acceptors (Lipinski definition) is 13. The van der Waals surface area contributed by atoms with Crippen molar-refractivity contribution < 1.29 is 43.1 Å². The van der Waals surface area contributed by atoms with Gasteiger partial charge in [0.2, 0.25) is 41.4 Å². The van der Waals surface area contributed by atoms with Gasteiger partial charge in [0.05, 0.1) is 39.3 Å². The van der Waals surface area contributed by atoms with Gasteiger partial charge in [0.1, 0.15) is 13.2 Å². The van der Waals surface area contributed by atoms with Crippen molar-refractivity contribution in [3.63, 3.8) is 0 Å². The summed E-state index contributed by atoms with van der Waals surface area (Å²) in [5.74, 6) is -4.01. The van der Waals surface area contributed by atoms with Gasteiger partial charge in [-0.15, -0.1) is 0 Å². The topological polar surface area (TPSA) is 311 Å². The zero-order chi connectivity index (χ0) is 42.5. The van der Waals surface area contributed by atoms with Crippen LogP contribution in [0.25, 0.3) is 0 Å². The Morgan fingerprint density at radius 1 is 0.552 bits per heavy atom. The van der Waals surface area contributed by atoms with Crippen molar-refractivity contribution >= 4 is 53.1 Å². The fraction of sp³-hybridized carbons (Fsp3) is 0.459.